The number of hydrogen-bond donors (Lipinski definition) is 0. The zero-order chi connectivity index (χ0) is 18.7. The lowest BCUT2D eigenvalue weighted by molar-refractivity contribution is 0.402. The Morgan fingerprint density at radius 3 is 2.23 bits per heavy atom. The van der Waals surface area contributed by atoms with Crippen molar-refractivity contribution in [3.8, 4) is 17.2 Å². The molecule has 0 radical (unpaired) electrons. The van der Waals surface area contributed by atoms with Gasteiger partial charge in [-0.1, -0.05) is 13.8 Å². The minimum absolute atomic E-state index is 0.488. The van der Waals surface area contributed by atoms with E-state index in [4.69, 9.17) is 9.47 Å². The second kappa shape index (κ2) is 8.26. The van der Waals surface area contributed by atoms with Crippen molar-refractivity contribution >= 4 is 17.4 Å². The Morgan fingerprint density at radius 1 is 1.00 bits per heavy atom. The van der Waals surface area contributed by atoms with Crippen LogP contribution in [0.4, 0.5) is 5.69 Å². The van der Waals surface area contributed by atoms with Crippen molar-refractivity contribution in [2.24, 2.45) is 0 Å². The minimum Gasteiger partial charge on any atom is -0.496 e. The van der Waals surface area contributed by atoms with Gasteiger partial charge >= 0.3 is 0 Å². The number of thioether (sulfide) groups is 1. The third-order valence-electron chi connectivity index (χ3n) is 4.63. The predicted octanol–water partition coefficient (Wildman–Crippen LogP) is 6.21. The van der Waals surface area contributed by atoms with Gasteiger partial charge in [-0.3, -0.25) is 0 Å². The van der Waals surface area contributed by atoms with Gasteiger partial charge in [-0.05, 0) is 68.1 Å². The minimum atomic E-state index is 0.488. The van der Waals surface area contributed by atoms with Crippen LogP contribution in [-0.4, -0.2) is 25.4 Å². The molecule has 0 aromatic heterocycles. The van der Waals surface area contributed by atoms with E-state index in [-0.39, 0.29) is 0 Å². The molecule has 0 N–H and O–H groups in total. The van der Waals surface area contributed by atoms with Crippen molar-refractivity contribution in [3.63, 3.8) is 0 Å². The molecule has 4 heteroatoms. The van der Waals surface area contributed by atoms with Gasteiger partial charge in [-0.2, -0.15) is 0 Å². The summed E-state index contributed by atoms with van der Waals surface area (Å²) in [6.45, 7) is 11.0. The maximum Gasteiger partial charge on any atom is 0.133 e. The summed E-state index contributed by atoms with van der Waals surface area (Å²) in [6.07, 6.45) is 2.58. The molecule has 26 heavy (non-hydrogen) atoms. The van der Waals surface area contributed by atoms with Gasteiger partial charge in [0.2, 0.25) is 0 Å². The second-order valence-corrected chi connectivity index (χ2v) is 8.80. The molecular formula is C22H29NO2S. The number of methoxy groups -OCH3 is 1. The molecular weight excluding hydrogens is 342 g/mol. The number of benzene rings is 2. The highest BCUT2D eigenvalue weighted by Gasteiger charge is 2.16. The van der Waals surface area contributed by atoms with Crippen LogP contribution in [0.5, 0.6) is 17.2 Å². The summed E-state index contributed by atoms with van der Waals surface area (Å²) in [5.74, 6) is 2.71. The van der Waals surface area contributed by atoms with Crippen LogP contribution >= 0.6 is 11.8 Å². The normalized spacial score (nSPS) is 14.2. The van der Waals surface area contributed by atoms with Crippen molar-refractivity contribution in [1.29, 1.82) is 0 Å². The summed E-state index contributed by atoms with van der Waals surface area (Å²) >= 11 is 1.79. The molecule has 2 aromatic carbocycles. The molecule has 140 valence electrons. The van der Waals surface area contributed by atoms with E-state index in [0.29, 0.717) is 5.25 Å². The quantitative estimate of drug-likeness (QED) is 0.563. The fourth-order valence-corrected chi connectivity index (χ4v) is 4.39. The van der Waals surface area contributed by atoms with E-state index in [1.165, 1.54) is 29.7 Å². The summed E-state index contributed by atoms with van der Waals surface area (Å²) in [5.41, 5.74) is 3.68. The highest BCUT2D eigenvalue weighted by Crippen LogP contribution is 2.38. The van der Waals surface area contributed by atoms with Gasteiger partial charge in [0, 0.05) is 24.0 Å². The Kier molecular flexibility index (Phi) is 6.02. The Balaban J connectivity index is 1.86. The van der Waals surface area contributed by atoms with Crippen molar-refractivity contribution in [2.45, 2.75) is 50.7 Å². The lowest BCUT2D eigenvalue weighted by atomic mass is 10.1. The number of hydrogen-bond acceptors (Lipinski definition) is 4. The fraction of sp³-hybridized carbons (Fsp3) is 0.455. The maximum absolute atomic E-state index is 6.29. The lowest BCUT2D eigenvalue weighted by Gasteiger charge is -2.21. The van der Waals surface area contributed by atoms with Crippen LogP contribution in [0.2, 0.25) is 0 Å². The number of ether oxygens (including phenoxy) is 2. The van der Waals surface area contributed by atoms with Crippen LogP contribution < -0.4 is 14.4 Å². The third-order valence-corrected chi connectivity index (χ3v) is 5.68. The van der Waals surface area contributed by atoms with Crippen LogP contribution in [-0.2, 0) is 0 Å². The third kappa shape index (κ3) is 4.29. The molecule has 1 heterocycles. The molecule has 0 saturated carbocycles. The number of rotatable bonds is 6. The topological polar surface area (TPSA) is 21.7 Å². The van der Waals surface area contributed by atoms with Crippen LogP contribution in [0.3, 0.4) is 0 Å². The first-order valence-electron chi connectivity index (χ1n) is 9.36. The number of nitrogens with zero attached hydrogens (tertiary/aromatic N) is 1. The molecule has 0 bridgehead atoms. The standard InChI is InChI=1S/C22H29NO2S/c1-15(2)26-21-14-19(8-9-20(21)24-5)25-22-16(3)12-18(13-17(22)4)23-10-6-7-11-23/h8-9,12-15H,6-7,10-11H2,1-5H3. The van der Waals surface area contributed by atoms with Gasteiger partial charge in [0.1, 0.15) is 17.2 Å². The molecule has 3 nitrogen and oxygen atoms in total. The molecule has 1 aliphatic rings. The molecule has 3 rings (SSSR count). The summed E-state index contributed by atoms with van der Waals surface area (Å²) in [4.78, 5) is 3.58. The highest BCUT2D eigenvalue weighted by molar-refractivity contribution is 8.00. The number of anilines is 1. The first-order chi connectivity index (χ1) is 12.5. The molecule has 1 saturated heterocycles. The van der Waals surface area contributed by atoms with E-state index >= 15 is 0 Å². The fourth-order valence-electron chi connectivity index (χ4n) is 3.43. The molecule has 0 atom stereocenters. The highest BCUT2D eigenvalue weighted by atomic mass is 32.2. The largest absolute Gasteiger partial charge is 0.496 e. The monoisotopic (exact) mass is 371 g/mol. The van der Waals surface area contributed by atoms with Crippen LogP contribution in [0.15, 0.2) is 35.2 Å². The lowest BCUT2D eigenvalue weighted by Crippen LogP contribution is -2.17. The van der Waals surface area contributed by atoms with Crippen molar-refractivity contribution in [2.75, 3.05) is 25.1 Å². The SMILES string of the molecule is COc1ccc(Oc2c(C)cc(N3CCCC3)cc2C)cc1SC(C)C. The van der Waals surface area contributed by atoms with Crippen LogP contribution in [0.25, 0.3) is 0 Å². The Hall–Kier alpha value is -1.81. The summed E-state index contributed by atoms with van der Waals surface area (Å²) in [5, 5.41) is 0.488. The van der Waals surface area contributed by atoms with Crippen LogP contribution in [0, 0.1) is 13.8 Å². The summed E-state index contributed by atoms with van der Waals surface area (Å²) < 4.78 is 11.8. The smallest absolute Gasteiger partial charge is 0.133 e. The zero-order valence-electron chi connectivity index (χ0n) is 16.5. The first kappa shape index (κ1) is 19.0. The van der Waals surface area contributed by atoms with Gasteiger partial charge in [-0.15, -0.1) is 11.8 Å². The van der Waals surface area contributed by atoms with E-state index in [1.807, 2.05) is 12.1 Å². The summed E-state index contributed by atoms with van der Waals surface area (Å²) in [6, 6.07) is 10.6. The van der Waals surface area contributed by atoms with Crippen molar-refractivity contribution in [3.05, 3.63) is 41.5 Å². The molecule has 1 fully saturated rings. The van der Waals surface area contributed by atoms with Gasteiger partial charge in [0.05, 0.1) is 12.0 Å². The predicted molar refractivity (Wildman–Crippen MR) is 111 cm³/mol. The Labute approximate surface area is 161 Å². The second-order valence-electron chi connectivity index (χ2n) is 7.18. The van der Waals surface area contributed by atoms with E-state index < -0.39 is 0 Å². The van der Waals surface area contributed by atoms with E-state index in [2.05, 4.69) is 50.8 Å². The van der Waals surface area contributed by atoms with Gasteiger partial charge in [-0.25, -0.2) is 0 Å². The van der Waals surface area contributed by atoms with Crippen LogP contribution in [0.1, 0.15) is 37.8 Å². The molecule has 2 aromatic rings. The van der Waals surface area contributed by atoms with E-state index in [1.54, 1.807) is 18.9 Å². The molecule has 0 spiro atoms. The molecule has 0 aliphatic carbocycles. The number of aryl methyl sites for hydroxylation is 2. The van der Waals surface area contributed by atoms with Gasteiger partial charge in [0.15, 0.2) is 0 Å². The molecule has 0 unspecified atom stereocenters. The van der Waals surface area contributed by atoms with Gasteiger partial charge in [0.25, 0.3) is 0 Å². The maximum atomic E-state index is 6.29. The molecule has 1 aliphatic heterocycles. The van der Waals surface area contributed by atoms with E-state index in [0.717, 1.165) is 35.2 Å². The van der Waals surface area contributed by atoms with Gasteiger partial charge < -0.3 is 14.4 Å². The zero-order valence-corrected chi connectivity index (χ0v) is 17.3. The Morgan fingerprint density at radius 2 is 1.65 bits per heavy atom. The average Bonchev–Trinajstić information content (AvgIpc) is 3.12. The van der Waals surface area contributed by atoms with Crippen molar-refractivity contribution in [1.82, 2.24) is 0 Å². The summed E-state index contributed by atoms with van der Waals surface area (Å²) in [7, 11) is 1.71. The van der Waals surface area contributed by atoms with E-state index in [9.17, 15) is 0 Å². The Bertz CT molecular complexity index is 744. The molecule has 0 amide bonds. The van der Waals surface area contributed by atoms with Crippen molar-refractivity contribution < 1.29 is 9.47 Å². The first-order valence-corrected chi connectivity index (χ1v) is 10.2. The average molecular weight is 372 g/mol.